The zero-order valence-electron chi connectivity index (χ0n) is 34.6. The normalized spacial score (nSPS) is 14.2. The summed E-state index contributed by atoms with van der Waals surface area (Å²) in [6.45, 7) is 28.3. The Morgan fingerprint density at radius 2 is 0.717 bits per heavy atom. The van der Waals surface area contributed by atoms with Crippen molar-refractivity contribution in [3.8, 4) is 0 Å². The lowest BCUT2D eigenvalue weighted by Crippen LogP contribution is -2.61. The van der Waals surface area contributed by atoms with Gasteiger partial charge in [-0.25, -0.2) is 0 Å². The Morgan fingerprint density at radius 1 is 0.396 bits per heavy atom. The van der Waals surface area contributed by atoms with Gasteiger partial charge in [0.05, 0.1) is 0 Å². The predicted molar refractivity (Wildman–Crippen MR) is 234 cm³/mol. The molecular formula is C50H61BN2. The van der Waals surface area contributed by atoms with Crippen molar-refractivity contribution in [3.05, 3.63) is 125 Å². The molecule has 0 aliphatic carbocycles. The van der Waals surface area contributed by atoms with Gasteiger partial charge in [0.1, 0.15) is 0 Å². The quantitative estimate of drug-likeness (QED) is 0.131. The van der Waals surface area contributed by atoms with Gasteiger partial charge in [-0.3, -0.25) is 0 Å². The lowest BCUT2D eigenvalue weighted by atomic mass is 9.33. The summed E-state index contributed by atoms with van der Waals surface area (Å²) in [5.74, 6) is 0. The number of nitrogens with zero attached hydrogens (tertiary/aromatic N) is 2. The fourth-order valence-electron chi connectivity index (χ4n) is 8.28. The number of anilines is 6. The van der Waals surface area contributed by atoms with Gasteiger partial charge in [0.15, 0.2) is 0 Å². The first-order chi connectivity index (χ1) is 25.1. The number of fused-ring (bicyclic) bond motifs is 4. The van der Waals surface area contributed by atoms with E-state index in [9.17, 15) is 0 Å². The first kappa shape index (κ1) is 37.1. The molecule has 0 bridgehead atoms. The predicted octanol–water partition coefficient (Wildman–Crippen LogP) is 12.5. The molecule has 0 radical (unpaired) electrons. The molecule has 0 saturated carbocycles. The molecule has 2 aliphatic rings. The highest BCUT2D eigenvalue weighted by atomic mass is 15.2. The lowest BCUT2D eigenvalue weighted by molar-refractivity contribution is 0.506. The van der Waals surface area contributed by atoms with Gasteiger partial charge in [-0.05, 0) is 135 Å². The van der Waals surface area contributed by atoms with E-state index in [4.69, 9.17) is 0 Å². The second kappa shape index (κ2) is 13.3. The van der Waals surface area contributed by atoms with E-state index in [1.54, 1.807) is 0 Å². The van der Waals surface area contributed by atoms with Crippen LogP contribution in [0.3, 0.4) is 0 Å². The fraction of sp³-hybridized carbons (Fsp3) is 0.400. The first-order valence-corrected chi connectivity index (χ1v) is 20.3. The summed E-state index contributed by atoms with van der Waals surface area (Å²) in [7, 11) is 0. The van der Waals surface area contributed by atoms with Gasteiger partial charge < -0.3 is 9.80 Å². The van der Waals surface area contributed by atoms with Crippen LogP contribution >= 0.6 is 0 Å². The van der Waals surface area contributed by atoms with Crippen molar-refractivity contribution in [2.75, 3.05) is 9.80 Å². The third-order valence-corrected chi connectivity index (χ3v) is 13.9. The molecule has 0 amide bonds. The molecule has 5 aromatic carbocycles. The van der Waals surface area contributed by atoms with Crippen LogP contribution in [0.2, 0.25) is 0 Å². The maximum absolute atomic E-state index is 2.56. The molecule has 2 nitrogen and oxygen atoms in total. The van der Waals surface area contributed by atoms with Crippen LogP contribution in [-0.2, 0) is 21.7 Å². The number of rotatable bonds is 10. The molecule has 274 valence electrons. The number of hydrogen-bond donors (Lipinski definition) is 0. The fourth-order valence-corrected chi connectivity index (χ4v) is 8.28. The monoisotopic (exact) mass is 700 g/mol. The average Bonchev–Trinajstić information content (AvgIpc) is 3.17. The van der Waals surface area contributed by atoms with Gasteiger partial charge in [-0.2, -0.15) is 0 Å². The Kier molecular flexibility index (Phi) is 9.28. The zero-order valence-corrected chi connectivity index (χ0v) is 34.6. The molecular weight excluding hydrogens is 639 g/mol. The molecule has 0 spiro atoms. The van der Waals surface area contributed by atoms with E-state index in [1.807, 2.05) is 0 Å². The van der Waals surface area contributed by atoms with Gasteiger partial charge in [0.25, 0.3) is 6.71 Å². The van der Waals surface area contributed by atoms with E-state index in [0.717, 1.165) is 25.7 Å². The zero-order chi connectivity index (χ0) is 38.1. The van der Waals surface area contributed by atoms with E-state index >= 15 is 0 Å². The van der Waals surface area contributed by atoms with Crippen LogP contribution in [0.25, 0.3) is 0 Å². The minimum absolute atomic E-state index is 0.0661. The van der Waals surface area contributed by atoms with Crippen molar-refractivity contribution in [3.63, 3.8) is 0 Å². The van der Waals surface area contributed by atoms with Crippen LogP contribution in [0.15, 0.2) is 103 Å². The summed E-state index contributed by atoms with van der Waals surface area (Å²) >= 11 is 0. The molecule has 3 heteroatoms. The van der Waals surface area contributed by atoms with Crippen LogP contribution in [0.4, 0.5) is 34.1 Å². The van der Waals surface area contributed by atoms with E-state index in [-0.39, 0.29) is 28.4 Å². The van der Waals surface area contributed by atoms with Crippen LogP contribution in [0.5, 0.6) is 0 Å². The van der Waals surface area contributed by atoms with Crippen molar-refractivity contribution in [1.82, 2.24) is 0 Å². The van der Waals surface area contributed by atoms with Crippen molar-refractivity contribution < 1.29 is 0 Å². The summed E-state index contributed by atoms with van der Waals surface area (Å²) in [5, 5.41) is 0. The molecule has 0 aromatic heterocycles. The van der Waals surface area contributed by atoms with Gasteiger partial charge in [0, 0.05) is 34.1 Å². The topological polar surface area (TPSA) is 6.48 Å². The van der Waals surface area contributed by atoms with Crippen molar-refractivity contribution >= 4 is 57.2 Å². The molecule has 0 atom stereocenters. The second-order valence-electron chi connectivity index (χ2n) is 18.4. The van der Waals surface area contributed by atoms with Gasteiger partial charge >= 0.3 is 0 Å². The van der Waals surface area contributed by atoms with Gasteiger partial charge in [0.2, 0.25) is 0 Å². The van der Waals surface area contributed by atoms with Gasteiger partial charge in [-0.15, -0.1) is 0 Å². The van der Waals surface area contributed by atoms with Crippen LogP contribution < -0.4 is 26.2 Å². The molecule has 0 fully saturated rings. The highest BCUT2D eigenvalue weighted by Gasteiger charge is 2.44. The van der Waals surface area contributed by atoms with Gasteiger partial charge in [-0.1, -0.05) is 138 Å². The summed E-state index contributed by atoms with van der Waals surface area (Å²) < 4.78 is 0. The Balaban J connectivity index is 1.53. The maximum atomic E-state index is 2.56. The van der Waals surface area contributed by atoms with E-state index in [2.05, 4.69) is 196 Å². The number of hydrogen-bond acceptors (Lipinski definition) is 2. The molecule has 7 rings (SSSR count). The van der Waals surface area contributed by atoms with Crippen LogP contribution in [0.1, 0.15) is 131 Å². The molecule has 0 saturated heterocycles. The second-order valence-corrected chi connectivity index (χ2v) is 18.4. The summed E-state index contributed by atoms with van der Waals surface area (Å²) in [6.07, 6.45) is 4.37. The smallest absolute Gasteiger partial charge is 0.252 e. The van der Waals surface area contributed by atoms with Crippen molar-refractivity contribution in [1.29, 1.82) is 0 Å². The summed E-state index contributed by atoms with van der Waals surface area (Å²) in [4.78, 5) is 5.10. The van der Waals surface area contributed by atoms with E-state index in [1.165, 1.54) is 72.8 Å². The van der Waals surface area contributed by atoms with Crippen LogP contribution in [0, 0.1) is 0 Å². The Morgan fingerprint density at radius 3 is 1.06 bits per heavy atom. The molecule has 2 aliphatic heterocycles. The molecule has 5 aromatic rings. The maximum Gasteiger partial charge on any atom is 0.252 e. The van der Waals surface area contributed by atoms with Crippen molar-refractivity contribution in [2.24, 2.45) is 0 Å². The summed E-state index contributed by atoms with van der Waals surface area (Å²) in [6, 6.07) is 40.6. The van der Waals surface area contributed by atoms with Crippen LogP contribution in [-0.4, -0.2) is 6.71 Å². The first-order valence-electron chi connectivity index (χ1n) is 20.3. The lowest BCUT2D eigenvalue weighted by Gasteiger charge is -2.45. The Labute approximate surface area is 321 Å². The molecule has 0 N–H and O–H groups in total. The highest BCUT2D eigenvalue weighted by Crippen LogP contribution is 2.46. The minimum Gasteiger partial charge on any atom is -0.311 e. The largest absolute Gasteiger partial charge is 0.311 e. The number of benzene rings is 5. The van der Waals surface area contributed by atoms with Crippen molar-refractivity contribution in [2.45, 2.75) is 130 Å². The standard InChI is InChI=1S/C50H61BN2/c1-13-47(5,6)34-20-26-38(27-21-34)52-42-30-24-36(49(9,10)15-3)32-40(42)51-41-33-37(50(11,12)16-4)25-31-43(41)53(45-19-17-18-44(52)46(45)51)39-28-22-35(23-29-39)48(7,8)14-2/h17-33H,13-16H2,1-12H3. The Hall–Kier alpha value is -4.24. The highest BCUT2D eigenvalue weighted by molar-refractivity contribution is 7.00. The molecule has 53 heavy (non-hydrogen) atoms. The Bertz CT molecular complexity index is 1990. The SMILES string of the molecule is CCC(C)(C)c1ccc(N2c3ccc(C(C)(C)CC)cc3B3c4cc(C(C)(C)CC)ccc4N(c4ccc(C(C)(C)CC)cc4)c4cccc2c43)cc1. The van der Waals surface area contributed by atoms with E-state index < -0.39 is 0 Å². The summed E-state index contributed by atoms with van der Waals surface area (Å²) in [5.41, 5.74) is 17.7. The third-order valence-electron chi connectivity index (χ3n) is 13.9. The molecule has 0 unspecified atom stereocenters. The third kappa shape index (κ3) is 6.13. The minimum atomic E-state index is 0.0661. The average molecular weight is 701 g/mol. The molecule has 2 heterocycles. The van der Waals surface area contributed by atoms with E-state index in [0.29, 0.717) is 0 Å².